The van der Waals surface area contributed by atoms with Crippen molar-refractivity contribution in [2.75, 3.05) is 0 Å². The zero-order valence-electron chi connectivity index (χ0n) is 10.5. The summed E-state index contributed by atoms with van der Waals surface area (Å²) in [6.45, 7) is 3.84. The average molecular weight is 346 g/mol. The SMILES string of the molecule is Cc1ccc(C)c(C(Cl)c2cc(F)c(Br)cc2F)c1. The summed E-state index contributed by atoms with van der Waals surface area (Å²) in [7, 11) is 0. The van der Waals surface area contributed by atoms with Crippen molar-refractivity contribution in [2.24, 2.45) is 0 Å². The van der Waals surface area contributed by atoms with Gasteiger partial charge in [0.05, 0.1) is 9.85 Å². The van der Waals surface area contributed by atoms with E-state index in [1.807, 2.05) is 32.0 Å². The summed E-state index contributed by atoms with van der Waals surface area (Å²) in [6.07, 6.45) is 0. The topological polar surface area (TPSA) is 0 Å². The first-order chi connectivity index (χ1) is 8.90. The van der Waals surface area contributed by atoms with Crippen molar-refractivity contribution >= 4 is 27.5 Å². The molecule has 0 aliphatic rings. The second-order valence-electron chi connectivity index (χ2n) is 4.51. The van der Waals surface area contributed by atoms with Crippen molar-refractivity contribution in [3.63, 3.8) is 0 Å². The zero-order valence-corrected chi connectivity index (χ0v) is 12.8. The van der Waals surface area contributed by atoms with Gasteiger partial charge in [0.15, 0.2) is 0 Å². The molecule has 2 rings (SSSR count). The van der Waals surface area contributed by atoms with Crippen LogP contribution in [0.25, 0.3) is 0 Å². The highest BCUT2D eigenvalue weighted by molar-refractivity contribution is 9.10. The summed E-state index contributed by atoms with van der Waals surface area (Å²) < 4.78 is 27.6. The van der Waals surface area contributed by atoms with E-state index >= 15 is 0 Å². The van der Waals surface area contributed by atoms with Crippen LogP contribution in [-0.4, -0.2) is 0 Å². The van der Waals surface area contributed by atoms with E-state index in [-0.39, 0.29) is 10.0 Å². The number of alkyl halides is 1. The Hall–Kier alpha value is -0.930. The van der Waals surface area contributed by atoms with Crippen LogP contribution in [0.1, 0.15) is 27.6 Å². The molecular formula is C15H12BrClF2. The van der Waals surface area contributed by atoms with Crippen LogP contribution in [0.15, 0.2) is 34.8 Å². The van der Waals surface area contributed by atoms with Crippen LogP contribution >= 0.6 is 27.5 Å². The lowest BCUT2D eigenvalue weighted by molar-refractivity contribution is 0.582. The molecule has 0 nitrogen and oxygen atoms in total. The molecule has 2 aromatic carbocycles. The summed E-state index contributed by atoms with van der Waals surface area (Å²) in [5, 5.41) is -0.706. The quantitative estimate of drug-likeness (QED) is 0.486. The minimum absolute atomic E-state index is 0.0959. The third-order valence-electron chi connectivity index (χ3n) is 3.02. The highest BCUT2D eigenvalue weighted by atomic mass is 79.9. The first kappa shape index (κ1) is 14.5. The second-order valence-corrected chi connectivity index (χ2v) is 5.80. The molecule has 0 saturated carbocycles. The molecule has 0 amide bonds. The standard InChI is InChI=1S/C15H12BrClF2/c1-8-3-4-9(2)10(5-8)15(17)11-6-14(19)12(16)7-13(11)18/h3-7,15H,1-2H3. The van der Waals surface area contributed by atoms with Crippen molar-refractivity contribution in [1.29, 1.82) is 0 Å². The van der Waals surface area contributed by atoms with Gasteiger partial charge in [-0.2, -0.15) is 0 Å². The molecule has 1 unspecified atom stereocenters. The second kappa shape index (κ2) is 5.59. The maximum Gasteiger partial charge on any atom is 0.137 e. The molecule has 0 aliphatic heterocycles. The molecule has 0 fully saturated rings. The summed E-state index contributed by atoms with van der Waals surface area (Å²) >= 11 is 9.27. The van der Waals surface area contributed by atoms with Gasteiger partial charge in [-0.3, -0.25) is 0 Å². The van der Waals surface area contributed by atoms with Crippen molar-refractivity contribution in [3.05, 3.63) is 68.7 Å². The Balaban J connectivity index is 2.52. The minimum Gasteiger partial charge on any atom is -0.207 e. The Morgan fingerprint density at radius 2 is 1.68 bits per heavy atom. The molecule has 0 spiro atoms. The number of benzene rings is 2. The van der Waals surface area contributed by atoms with Gasteiger partial charge in [-0.15, -0.1) is 11.6 Å². The van der Waals surface area contributed by atoms with Crippen LogP contribution < -0.4 is 0 Å². The highest BCUT2D eigenvalue weighted by Gasteiger charge is 2.19. The molecular weight excluding hydrogens is 334 g/mol. The molecule has 0 heterocycles. The first-order valence-corrected chi connectivity index (χ1v) is 6.98. The molecule has 19 heavy (non-hydrogen) atoms. The predicted octanol–water partition coefficient (Wildman–Crippen LogP) is 5.67. The maximum absolute atomic E-state index is 13.9. The van der Waals surface area contributed by atoms with Gasteiger partial charge in [-0.25, -0.2) is 8.78 Å². The van der Waals surface area contributed by atoms with Crippen LogP contribution in [0.2, 0.25) is 0 Å². The minimum atomic E-state index is -0.706. The summed E-state index contributed by atoms with van der Waals surface area (Å²) in [5.41, 5.74) is 2.93. The first-order valence-electron chi connectivity index (χ1n) is 5.76. The average Bonchev–Trinajstić information content (AvgIpc) is 2.36. The molecule has 4 heteroatoms. The number of rotatable bonds is 2. The summed E-state index contributed by atoms with van der Waals surface area (Å²) in [4.78, 5) is 0. The van der Waals surface area contributed by atoms with Gasteiger partial charge in [0.25, 0.3) is 0 Å². The number of hydrogen-bond donors (Lipinski definition) is 0. The predicted molar refractivity (Wildman–Crippen MR) is 77.7 cm³/mol. The van der Waals surface area contributed by atoms with Crippen LogP contribution in [0.4, 0.5) is 8.78 Å². The number of hydrogen-bond acceptors (Lipinski definition) is 0. The van der Waals surface area contributed by atoms with Crippen molar-refractivity contribution in [1.82, 2.24) is 0 Å². The Morgan fingerprint density at radius 3 is 2.37 bits per heavy atom. The van der Waals surface area contributed by atoms with Crippen LogP contribution in [0.5, 0.6) is 0 Å². The Kier molecular flexibility index (Phi) is 4.26. The van der Waals surface area contributed by atoms with Gasteiger partial charge in [-0.1, -0.05) is 23.8 Å². The van der Waals surface area contributed by atoms with E-state index in [1.54, 1.807) is 0 Å². The van der Waals surface area contributed by atoms with Gasteiger partial charge in [0.2, 0.25) is 0 Å². The van der Waals surface area contributed by atoms with Gasteiger partial charge < -0.3 is 0 Å². The summed E-state index contributed by atoms with van der Waals surface area (Å²) in [5.74, 6) is -1.04. The highest BCUT2D eigenvalue weighted by Crippen LogP contribution is 2.35. The molecule has 2 aromatic rings. The smallest absolute Gasteiger partial charge is 0.137 e. The third-order valence-corrected chi connectivity index (χ3v) is 4.10. The fourth-order valence-corrected chi connectivity index (χ4v) is 2.65. The van der Waals surface area contributed by atoms with E-state index in [1.165, 1.54) is 0 Å². The van der Waals surface area contributed by atoms with Crippen LogP contribution in [0, 0.1) is 25.5 Å². The van der Waals surface area contributed by atoms with Gasteiger partial charge in [-0.05, 0) is 53.0 Å². The fourth-order valence-electron chi connectivity index (χ4n) is 1.93. The molecule has 0 saturated heterocycles. The Labute approximate surface area is 124 Å². The molecule has 0 aromatic heterocycles. The lowest BCUT2D eigenvalue weighted by Crippen LogP contribution is -2.01. The number of halogens is 4. The van der Waals surface area contributed by atoms with Crippen LogP contribution in [0.3, 0.4) is 0 Å². The number of aryl methyl sites for hydroxylation is 2. The maximum atomic E-state index is 13.9. The molecule has 1 atom stereocenters. The molecule has 0 N–H and O–H groups in total. The van der Waals surface area contributed by atoms with E-state index < -0.39 is 17.0 Å². The largest absolute Gasteiger partial charge is 0.207 e. The zero-order chi connectivity index (χ0) is 14.2. The third kappa shape index (κ3) is 2.98. The van der Waals surface area contributed by atoms with E-state index in [4.69, 9.17) is 11.6 Å². The lowest BCUT2D eigenvalue weighted by atomic mass is 9.98. The van der Waals surface area contributed by atoms with Crippen molar-refractivity contribution in [2.45, 2.75) is 19.2 Å². The van der Waals surface area contributed by atoms with Crippen LogP contribution in [-0.2, 0) is 0 Å². The van der Waals surface area contributed by atoms with E-state index in [0.29, 0.717) is 0 Å². The van der Waals surface area contributed by atoms with E-state index in [9.17, 15) is 8.78 Å². The van der Waals surface area contributed by atoms with Gasteiger partial charge >= 0.3 is 0 Å². The summed E-state index contributed by atoms with van der Waals surface area (Å²) in [6, 6.07) is 8.02. The molecule has 0 aliphatic carbocycles. The van der Waals surface area contributed by atoms with E-state index in [0.717, 1.165) is 28.8 Å². The normalized spacial score (nSPS) is 12.5. The molecule has 100 valence electrons. The Bertz CT molecular complexity index is 626. The molecule has 0 bridgehead atoms. The van der Waals surface area contributed by atoms with Gasteiger partial charge in [0, 0.05) is 5.56 Å². The van der Waals surface area contributed by atoms with Crippen molar-refractivity contribution in [3.8, 4) is 0 Å². The van der Waals surface area contributed by atoms with E-state index in [2.05, 4.69) is 15.9 Å². The van der Waals surface area contributed by atoms with Gasteiger partial charge in [0.1, 0.15) is 11.6 Å². The van der Waals surface area contributed by atoms with Crippen molar-refractivity contribution < 1.29 is 8.78 Å². The fraction of sp³-hybridized carbons (Fsp3) is 0.200. The Morgan fingerprint density at radius 1 is 1.00 bits per heavy atom. The lowest BCUT2D eigenvalue weighted by Gasteiger charge is -2.15. The monoisotopic (exact) mass is 344 g/mol. The molecule has 0 radical (unpaired) electrons.